The number of benzene rings is 4. The van der Waals surface area contributed by atoms with Crippen molar-refractivity contribution in [1.82, 2.24) is 0 Å². The van der Waals surface area contributed by atoms with Gasteiger partial charge in [-0.15, -0.1) is 10.2 Å². The summed E-state index contributed by atoms with van der Waals surface area (Å²) in [5.41, 5.74) is 8.29. The van der Waals surface area contributed by atoms with Crippen LogP contribution in [0, 0.1) is 44.7 Å². The van der Waals surface area contributed by atoms with Gasteiger partial charge in [0.15, 0.2) is 0 Å². The van der Waals surface area contributed by atoms with Crippen LogP contribution in [0.4, 0.5) is 28.4 Å². The van der Waals surface area contributed by atoms with Crippen molar-refractivity contribution in [2.75, 3.05) is 0 Å². The van der Waals surface area contributed by atoms with Crippen LogP contribution in [0.2, 0.25) is 0 Å². The van der Waals surface area contributed by atoms with Crippen LogP contribution in [0.5, 0.6) is 0 Å². The molecule has 170 valence electrons. The molecule has 34 heavy (non-hydrogen) atoms. The molecule has 0 saturated heterocycles. The number of azo groups is 2. The zero-order valence-corrected chi connectivity index (χ0v) is 19.8. The summed E-state index contributed by atoms with van der Waals surface area (Å²) in [7, 11) is 0. The van der Waals surface area contributed by atoms with Gasteiger partial charge >= 0.3 is 0 Å². The van der Waals surface area contributed by atoms with Crippen LogP contribution in [0.3, 0.4) is 0 Å². The van der Waals surface area contributed by atoms with Crippen LogP contribution in [0.1, 0.15) is 27.8 Å². The predicted octanol–water partition coefficient (Wildman–Crippen LogP) is 9.12. The van der Waals surface area contributed by atoms with E-state index < -0.39 is 4.92 Å². The summed E-state index contributed by atoms with van der Waals surface area (Å²) in [6.45, 7) is 10.2. The monoisotopic (exact) mass is 451 g/mol. The number of rotatable bonds is 5. The number of aryl methyl sites for hydroxylation is 5. The van der Waals surface area contributed by atoms with Gasteiger partial charge in [0.05, 0.1) is 27.7 Å². The summed E-state index contributed by atoms with van der Waals surface area (Å²) in [6, 6.07) is 18.2. The average molecular weight is 452 g/mol. The first-order chi connectivity index (χ1) is 16.2. The average Bonchev–Trinajstić information content (AvgIpc) is 2.79. The second-order valence-electron chi connectivity index (χ2n) is 8.44. The molecule has 0 bridgehead atoms. The number of non-ortho nitro benzene ring substituents is 1. The highest BCUT2D eigenvalue weighted by Gasteiger charge is 2.14. The fraction of sp³-hybridized carbons (Fsp3) is 0.185. The van der Waals surface area contributed by atoms with Crippen molar-refractivity contribution in [2.45, 2.75) is 34.6 Å². The van der Waals surface area contributed by atoms with E-state index in [4.69, 9.17) is 0 Å². The van der Waals surface area contributed by atoms with E-state index >= 15 is 0 Å². The first-order valence-corrected chi connectivity index (χ1v) is 10.9. The van der Waals surface area contributed by atoms with E-state index in [1.54, 1.807) is 12.1 Å². The van der Waals surface area contributed by atoms with Gasteiger partial charge in [0.2, 0.25) is 0 Å². The van der Waals surface area contributed by atoms with Gasteiger partial charge in [-0.05, 0) is 104 Å². The third-order valence-electron chi connectivity index (χ3n) is 5.87. The molecule has 4 aromatic rings. The van der Waals surface area contributed by atoms with Crippen molar-refractivity contribution >= 4 is 39.2 Å². The molecular weight excluding hydrogens is 426 g/mol. The van der Waals surface area contributed by atoms with Crippen LogP contribution >= 0.6 is 0 Å². The smallest absolute Gasteiger partial charge is 0.258 e. The minimum absolute atomic E-state index is 0.0235. The van der Waals surface area contributed by atoms with Crippen molar-refractivity contribution in [2.24, 2.45) is 20.5 Å². The Morgan fingerprint density at radius 1 is 0.647 bits per heavy atom. The first-order valence-electron chi connectivity index (χ1n) is 10.9. The normalized spacial score (nSPS) is 11.7. The highest BCUT2D eigenvalue weighted by molar-refractivity contribution is 5.96. The van der Waals surface area contributed by atoms with Crippen molar-refractivity contribution in [1.29, 1.82) is 0 Å². The van der Waals surface area contributed by atoms with Crippen molar-refractivity contribution < 1.29 is 4.92 Å². The maximum atomic E-state index is 10.9. The van der Waals surface area contributed by atoms with Crippen molar-refractivity contribution in [3.05, 3.63) is 98.6 Å². The molecule has 0 aromatic heterocycles. The van der Waals surface area contributed by atoms with Crippen LogP contribution in [-0.4, -0.2) is 4.92 Å². The molecule has 0 saturated carbocycles. The Bertz CT molecular complexity index is 1450. The Labute approximate surface area is 198 Å². The number of nitrogens with zero attached hydrogens (tertiary/aromatic N) is 5. The molecule has 0 unspecified atom stereocenters. The first kappa shape index (κ1) is 22.9. The van der Waals surface area contributed by atoms with Gasteiger partial charge in [-0.1, -0.05) is 17.7 Å². The van der Waals surface area contributed by atoms with Gasteiger partial charge in [0, 0.05) is 12.1 Å². The predicted molar refractivity (Wildman–Crippen MR) is 136 cm³/mol. The molecular formula is C27H25N5O2. The second-order valence-corrected chi connectivity index (χ2v) is 8.44. The Balaban J connectivity index is 1.76. The standard InChI is InChI=1S/C27H25N5O2/c1-16-6-8-22(9-7-16)28-30-26-17(2)14-21-15-18(3)27(20(5)25(21)19(26)4)31-29-23-10-12-24(13-11-23)32(33)34/h6-15H,1-5H3. The molecule has 0 spiro atoms. The minimum Gasteiger partial charge on any atom is -0.258 e. The summed E-state index contributed by atoms with van der Waals surface area (Å²) in [6.07, 6.45) is 0. The molecule has 7 nitrogen and oxygen atoms in total. The summed E-state index contributed by atoms with van der Waals surface area (Å²) in [4.78, 5) is 10.4. The minimum atomic E-state index is -0.433. The number of nitro benzene ring substituents is 1. The van der Waals surface area contributed by atoms with E-state index in [9.17, 15) is 10.1 Å². The summed E-state index contributed by atoms with van der Waals surface area (Å²) in [5.74, 6) is 0. The molecule has 0 N–H and O–H groups in total. The van der Waals surface area contributed by atoms with E-state index in [1.807, 2.05) is 52.0 Å². The van der Waals surface area contributed by atoms with Gasteiger partial charge in [0.25, 0.3) is 5.69 Å². The largest absolute Gasteiger partial charge is 0.269 e. The van der Waals surface area contributed by atoms with Crippen LogP contribution in [-0.2, 0) is 0 Å². The molecule has 4 rings (SSSR count). The summed E-state index contributed by atoms with van der Waals surface area (Å²) in [5, 5.41) is 30.9. The van der Waals surface area contributed by atoms with Crippen LogP contribution in [0.25, 0.3) is 10.8 Å². The SMILES string of the molecule is Cc1ccc(N=Nc2c(C)cc3cc(C)c(N=Nc4ccc([N+](=O)[O-])cc4)c(C)c3c2C)cc1. The van der Waals surface area contributed by atoms with Gasteiger partial charge in [0.1, 0.15) is 0 Å². The Morgan fingerprint density at radius 2 is 1.09 bits per heavy atom. The molecule has 4 aromatic carbocycles. The Morgan fingerprint density at radius 3 is 1.53 bits per heavy atom. The molecule has 0 aliphatic carbocycles. The molecule has 7 heteroatoms. The van der Waals surface area contributed by atoms with E-state index in [-0.39, 0.29) is 5.69 Å². The molecule has 0 atom stereocenters. The Hall–Kier alpha value is -4.26. The maximum Gasteiger partial charge on any atom is 0.269 e. The molecule has 0 amide bonds. The highest BCUT2D eigenvalue weighted by atomic mass is 16.6. The molecule has 0 aliphatic heterocycles. The highest BCUT2D eigenvalue weighted by Crippen LogP contribution is 2.39. The maximum absolute atomic E-state index is 10.9. The second kappa shape index (κ2) is 9.31. The zero-order chi connectivity index (χ0) is 24.4. The van der Waals surface area contributed by atoms with Crippen molar-refractivity contribution in [3.63, 3.8) is 0 Å². The summed E-state index contributed by atoms with van der Waals surface area (Å²) < 4.78 is 0. The third-order valence-corrected chi connectivity index (χ3v) is 5.87. The topological polar surface area (TPSA) is 92.6 Å². The lowest BCUT2D eigenvalue weighted by molar-refractivity contribution is -0.384. The molecule has 0 heterocycles. The number of hydrogen-bond donors (Lipinski definition) is 0. The number of hydrogen-bond acceptors (Lipinski definition) is 6. The van der Waals surface area contributed by atoms with Crippen LogP contribution < -0.4 is 0 Å². The van der Waals surface area contributed by atoms with E-state index in [2.05, 4.69) is 39.5 Å². The fourth-order valence-electron chi connectivity index (χ4n) is 4.11. The van der Waals surface area contributed by atoms with E-state index in [0.29, 0.717) is 5.69 Å². The van der Waals surface area contributed by atoms with Crippen LogP contribution in [0.15, 0.2) is 81.1 Å². The van der Waals surface area contributed by atoms with E-state index in [0.717, 1.165) is 50.1 Å². The lowest BCUT2D eigenvalue weighted by Crippen LogP contribution is -1.90. The van der Waals surface area contributed by atoms with E-state index in [1.165, 1.54) is 17.7 Å². The molecule has 0 radical (unpaired) electrons. The lowest BCUT2D eigenvalue weighted by Gasteiger charge is -2.14. The Kier molecular flexibility index (Phi) is 6.27. The molecule has 0 aliphatic rings. The fourth-order valence-corrected chi connectivity index (χ4v) is 4.11. The molecule has 0 fully saturated rings. The number of fused-ring (bicyclic) bond motifs is 1. The van der Waals surface area contributed by atoms with Gasteiger partial charge in [-0.25, -0.2) is 0 Å². The third kappa shape index (κ3) is 4.59. The van der Waals surface area contributed by atoms with Gasteiger partial charge < -0.3 is 0 Å². The zero-order valence-electron chi connectivity index (χ0n) is 19.8. The van der Waals surface area contributed by atoms with Gasteiger partial charge in [-0.3, -0.25) is 10.1 Å². The number of nitro groups is 1. The van der Waals surface area contributed by atoms with Crippen molar-refractivity contribution in [3.8, 4) is 0 Å². The van der Waals surface area contributed by atoms with Gasteiger partial charge in [-0.2, -0.15) is 10.2 Å². The lowest BCUT2D eigenvalue weighted by atomic mass is 9.93. The quantitative estimate of drug-likeness (QED) is 0.172. The summed E-state index contributed by atoms with van der Waals surface area (Å²) >= 11 is 0.